The lowest BCUT2D eigenvalue weighted by molar-refractivity contribution is -0.145. The molecule has 1 atom stereocenters. The molecular weight excluding hydrogens is 434 g/mol. The zero-order valence-corrected chi connectivity index (χ0v) is 18.5. The minimum atomic E-state index is -0.811. The number of hydrogen-bond acceptors (Lipinski definition) is 5. The molecule has 9 heteroatoms. The summed E-state index contributed by atoms with van der Waals surface area (Å²) in [6.07, 6.45) is 0.379. The second-order valence-electron chi connectivity index (χ2n) is 6.95. The number of halogens is 1. The van der Waals surface area contributed by atoms with Gasteiger partial charge in [-0.15, -0.1) is 0 Å². The lowest BCUT2D eigenvalue weighted by Gasteiger charge is -2.16. The van der Waals surface area contributed by atoms with Gasteiger partial charge in [0.2, 0.25) is 11.8 Å². The van der Waals surface area contributed by atoms with Crippen LogP contribution in [0.15, 0.2) is 54.6 Å². The number of nitrogens with one attached hydrogen (secondary N) is 3. The van der Waals surface area contributed by atoms with E-state index in [2.05, 4.69) is 16.0 Å². The van der Waals surface area contributed by atoms with Gasteiger partial charge in [-0.05, 0) is 29.8 Å². The molecule has 0 aliphatic carbocycles. The highest BCUT2D eigenvalue weighted by molar-refractivity contribution is 6.30. The van der Waals surface area contributed by atoms with Crippen LogP contribution in [0, 0.1) is 0 Å². The van der Waals surface area contributed by atoms with Crippen molar-refractivity contribution in [3.8, 4) is 0 Å². The molecule has 0 radical (unpaired) electrons. The number of carbonyl (C=O) groups excluding carboxylic acids is 4. The number of esters is 1. The molecular formula is C23H26ClN3O5. The maximum absolute atomic E-state index is 12.2. The normalized spacial score (nSPS) is 11.2. The van der Waals surface area contributed by atoms with Crippen molar-refractivity contribution in [3.05, 3.63) is 70.7 Å². The molecule has 0 fully saturated rings. The van der Waals surface area contributed by atoms with Gasteiger partial charge < -0.3 is 20.7 Å². The molecule has 2 aromatic carbocycles. The van der Waals surface area contributed by atoms with Gasteiger partial charge in [0.25, 0.3) is 5.91 Å². The Balaban J connectivity index is 1.68. The van der Waals surface area contributed by atoms with Gasteiger partial charge in [0.1, 0.15) is 6.04 Å². The quantitative estimate of drug-likeness (QED) is 0.444. The molecule has 2 rings (SSSR count). The molecule has 0 aliphatic heterocycles. The molecule has 8 nitrogen and oxygen atoms in total. The minimum absolute atomic E-state index is 0.00512. The van der Waals surface area contributed by atoms with E-state index in [9.17, 15) is 19.2 Å². The van der Waals surface area contributed by atoms with E-state index in [-0.39, 0.29) is 43.7 Å². The van der Waals surface area contributed by atoms with E-state index < -0.39 is 12.0 Å². The summed E-state index contributed by atoms with van der Waals surface area (Å²) in [7, 11) is 1.26. The number of hydrogen-bond donors (Lipinski definition) is 3. The van der Waals surface area contributed by atoms with Crippen LogP contribution in [0.25, 0.3) is 0 Å². The summed E-state index contributed by atoms with van der Waals surface area (Å²) in [5, 5.41) is 8.43. The second kappa shape index (κ2) is 13.1. The van der Waals surface area contributed by atoms with Crippen LogP contribution in [-0.2, 0) is 25.5 Å². The van der Waals surface area contributed by atoms with Crippen molar-refractivity contribution in [2.75, 3.05) is 20.2 Å². The highest BCUT2D eigenvalue weighted by Gasteiger charge is 2.21. The molecule has 32 heavy (non-hydrogen) atoms. The first kappa shape index (κ1) is 24.9. The number of benzene rings is 2. The van der Waals surface area contributed by atoms with Crippen molar-refractivity contribution in [1.82, 2.24) is 16.0 Å². The summed E-state index contributed by atoms with van der Waals surface area (Å²) < 4.78 is 4.77. The molecule has 0 unspecified atom stereocenters. The number of amides is 3. The van der Waals surface area contributed by atoms with Crippen LogP contribution < -0.4 is 16.0 Å². The van der Waals surface area contributed by atoms with Crippen LogP contribution in [0.2, 0.25) is 5.02 Å². The third-order valence-corrected chi connectivity index (χ3v) is 4.77. The Kier molecular flexibility index (Phi) is 10.2. The average molecular weight is 460 g/mol. The van der Waals surface area contributed by atoms with E-state index in [4.69, 9.17) is 16.3 Å². The van der Waals surface area contributed by atoms with Crippen molar-refractivity contribution >= 4 is 35.3 Å². The summed E-state index contributed by atoms with van der Waals surface area (Å²) in [5.41, 5.74) is 1.33. The molecule has 0 saturated carbocycles. The molecule has 0 spiro atoms. The smallest absolute Gasteiger partial charge is 0.328 e. The van der Waals surface area contributed by atoms with Crippen molar-refractivity contribution < 1.29 is 23.9 Å². The summed E-state index contributed by atoms with van der Waals surface area (Å²) in [4.78, 5) is 48.1. The van der Waals surface area contributed by atoms with E-state index >= 15 is 0 Å². The van der Waals surface area contributed by atoms with Crippen LogP contribution >= 0.6 is 11.6 Å². The number of methoxy groups -OCH3 is 1. The van der Waals surface area contributed by atoms with E-state index in [1.54, 1.807) is 24.3 Å². The van der Waals surface area contributed by atoms with Gasteiger partial charge in [-0.1, -0.05) is 41.9 Å². The number of rotatable bonds is 11. The van der Waals surface area contributed by atoms with Gasteiger partial charge in [0, 0.05) is 42.9 Å². The SMILES string of the molecule is COC(=O)[C@@H](Cc1ccccc1)NC(=O)CCNC(=O)CCNC(=O)c1ccc(Cl)cc1. The molecule has 0 saturated heterocycles. The molecule has 170 valence electrons. The highest BCUT2D eigenvalue weighted by atomic mass is 35.5. The maximum atomic E-state index is 12.2. The van der Waals surface area contributed by atoms with E-state index in [0.717, 1.165) is 5.56 Å². The molecule has 0 heterocycles. The molecule has 2 aromatic rings. The first-order valence-corrected chi connectivity index (χ1v) is 10.5. The van der Waals surface area contributed by atoms with Crippen molar-refractivity contribution in [3.63, 3.8) is 0 Å². The predicted molar refractivity (Wildman–Crippen MR) is 120 cm³/mol. The fourth-order valence-electron chi connectivity index (χ4n) is 2.85. The van der Waals surface area contributed by atoms with Crippen LogP contribution in [0.3, 0.4) is 0 Å². The molecule has 3 amide bonds. The van der Waals surface area contributed by atoms with Crippen molar-refractivity contribution in [1.29, 1.82) is 0 Å². The van der Waals surface area contributed by atoms with Crippen LogP contribution in [0.4, 0.5) is 0 Å². The first-order valence-electron chi connectivity index (χ1n) is 10.1. The second-order valence-corrected chi connectivity index (χ2v) is 7.38. The Morgan fingerprint density at radius 2 is 1.50 bits per heavy atom. The van der Waals surface area contributed by atoms with Gasteiger partial charge in [0.15, 0.2) is 0 Å². The highest BCUT2D eigenvalue weighted by Crippen LogP contribution is 2.09. The number of carbonyl (C=O) groups is 4. The molecule has 0 aromatic heterocycles. The minimum Gasteiger partial charge on any atom is -0.467 e. The van der Waals surface area contributed by atoms with Crippen LogP contribution in [-0.4, -0.2) is 49.9 Å². The zero-order valence-electron chi connectivity index (χ0n) is 17.7. The predicted octanol–water partition coefficient (Wildman–Crippen LogP) is 1.87. The summed E-state index contributed by atoms with van der Waals surface area (Å²) >= 11 is 5.78. The first-order chi connectivity index (χ1) is 15.4. The summed E-state index contributed by atoms with van der Waals surface area (Å²) in [6, 6.07) is 14.9. The van der Waals surface area contributed by atoms with Gasteiger partial charge >= 0.3 is 5.97 Å². The third kappa shape index (κ3) is 8.77. The van der Waals surface area contributed by atoms with Crippen molar-refractivity contribution in [2.24, 2.45) is 0 Å². The van der Waals surface area contributed by atoms with Gasteiger partial charge in [0.05, 0.1) is 7.11 Å². The lowest BCUT2D eigenvalue weighted by Crippen LogP contribution is -2.44. The monoisotopic (exact) mass is 459 g/mol. The van der Waals surface area contributed by atoms with E-state index in [1.807, 2.05) is 30.3 Å². The Bertz CT molecular complexity index is 919. The van der Waals surface area contributed by atoms with Crippen LogP contribution in [0.5, 0.6) is 0 Å². The maximum Gasteiger partial charge on any atom is 0.328 e. The molecule has 0 aliphatic rings. The standard InChI is InChI=1S/C23H26ClN3O5/c1-32-23(31)19(15-16-5-3-2-4-6-16)27-21(29)12-13-25-20(28)11-14-26-22(30)17-7-9-18(24)10-8-17/h2-10,19H,11-15H2,1H3,(H,25,28)(H,26,30)(H,27,29)/t19-/m1/s1. The molecule has 3 N–H and O–H groups in total. The molecule has 0 bridgehead atoms. The van der Waals surface area contributed by atoms with E-state index in [1.165, 1.54) is 7.11 Å². The van der Waals surface area contributed by atoms with E-state index in [0.29, 0.717) is 17.0 Å². The number of ether oxygens (including phenoxy) is 1. The van der Waals surface area contributed by atoms with Crippen LogP contribution in [0.1, 0.15) is 28.8 Å². The summed E-state index contributed by atoms with van der Waals surface area (Å²) in [5.74, 6) is -1.53. The lowest BCUT2D eigenvalue weighted by atomic mass is 10.1. The summed E-state index contributed by atoms with van der Waals surface area (Å²) in [6.45, 7) is 0.260. The topological polar surface area (TPSA) is 114 Å². The Labute approximate surface area is 191 Å². The zero-order chi connectivity index (χ0) is 23.3. The Morgan fingerprint density at radius 3 is 2.16 bits per heavy atom. The fraction of sp³-hybridized carbons (Fsp3) is 0.304. The van der Waals surface area contributed by atoms with Gasteiger partial charge in [-0.3, -0.25) is 14.4 Å². The average Bonchev–Trinajstić information content (AvgIpc) is 2.79. The Morgan fingerprint density at radius 1 is 0.875 bits per heavy atom. The fourth-order valence-corrected chi connectivity index (χ4v) is 2.97. The van der Waals surface area contributed by atoms with Gasteiger partial charge in [-0.25, -0.2) is 4.79 Å². The van der Waals surface area contributed by atoms with Gasteiger partial charge in [-0.2, -0.15) is 0 Å². The largest absolute Gasteiger partial charge is 0.467 e. The Hall–Kier alpha value is -3.39. The third-order valence-electron chi connectivity index (χ3n) is 4.52. The van der Waals surface area contributed by atoms with Crippen molar-refractivity contribution in [2.45, 2.75) is 25.3 Å².